The van der Waals surface area contributed by atoms with Crippen LogP contribution in [0.25, 0.3) is 10.1 Å². The SMILES string of the molecule is Oc1cccc2c(CN3CCCCCC3)csc12. The number of benzene rings is 1. The van der Waals surface area contributed by atoms with Crippen molar-refractivity contribution in [3.63, 3.8) is 0 Å². The summed E-state index contributed by atoms with van der Waals surface area (Å²) in [5, 5.41) is 13.3. The van der Waals surface area contributed by atoms with Crippen molar-refractivity contribution >= 4 is 21.4 Å². The molecule has 2 aromatic rings. The average Bonchev–Trinajstić information content (AvgIpc) is 2.61. The maximum atomic E-state index is 9.83. The number of thiophene rings is 1. The predicted octanol–water partition coefficient (Wildman–Crippen LogP) is 3.98. The Morgan fingerprint density at radius 1 is 1.11 bits per heavy atom. The van der Waals surface area contributed by atoms with Crippen LogP contribution in [0.4, 0.5) is 0 Å². The van der Waals surface area contributed by atoms with Gasteiger partial charge >= 0.3 is 0 Å². The molecule has 1 aromatic carbocycles. The van der Waals surface area contributed by atoms with E-state index in [-0.39, 0.29) is 0 Å². The fraction of sp³-hybridized carbons (Fsp3) is 0.467. The first-order chi connectivity index (χ1) is 8.84. The standard InChI is InChI=1S/C15H19NOS/c17-14-7-5-6-13-12(11-18-15(13)14)10-16-8-3-1-2-4-9-16/h5-7,11,17H,1-4,8-10H2. The number of fused-ring (bicyclic) bond motifs is 1. The van der Waals surface area contributed by atoms with Gasteiger partial charge in [-0.05, 0) is 42.9 Å². The molecule has 3 heteroatoms. The maximum Gasteiger partial charge on any atom is 0.133 e. The molecular formula is C15H19NOS. The third-order valence-electron chi connectivity index (χ3n) is 3.75. The van der Waals surface area contributed by atoms with E-state index < -0.39 is 0 Å². The molecular weight excluding hydrogens is 242 g/mol. The van der Waals surface area contributed by atoms with Gasteiger partial charge in [-0.2, -0.15) is 0 Å². The number of hydrogen-bond donors (Lipinski definition) is 1. The summed E-state index contributed by atoms with van der Waals surface area (Å²) in [7, 11) is 0. The summed E-state index contributed by atoms with van der Waals surface area (Å²) < 4.78 is 1.03. The Morgan fingerprint density at radius 3 is 2.67 bits per heavy atom. The van der Waals surface area contributed by atoms with Crippen LogP contribution < -0.4 is 0 Å². The van der Waals surface area contributed by atoms with Crippen LogP contribution in [0.1, 0.15) is 31.2 Å². The molecule has 1 saturated heterocycles. The van der Waals surface area contributed by atoms with Crippen molar-refractivity contribution in [2.75, 3.05) is 13.1 Å². The van der Waals surface area contributed by atoms with Crippen LogP contribution in [0.2, 0.25) is 0 Å². The molecule has 1 aromatic heterocycles. The predicted molar refractivity (Wildman–Crippen MR) is 77.2 cm³/mol. The van der Waals surface area contributed by atoms with Gasteiger partial charge in [-0.25, -0.2) is 0 Å². The Labute approximate surface area is 112 Å². The van der Waals surface area contributed by atoms with Crippen LogP contribution in [0.5, 0.6) is 5.75 Å². The highest BCUT2D eigenvalue weighted by Gasteiger charge is 2.13. The normalized spacial score (nSPS) is 18.0. The third kappa shape index (κ3) is 2.38. The van der Waals surface area contributed by atoms with E-state index in [1.165, 1.54) is 49.7 Å². The smallest absolute Gasteiger partial charge is 0.133 e. The second kappa shape index (κ2) is 5.29. The van der Waals surface area contributed by atoms with E-state index in [1.54, 1.807) is 17.4 Å². The monoisotopic (exact) mass is 261 g/mol. The number of hydrogen-bond acceptors (Lipinski definition) is 3. The minimum absolute atomic E-state index is 0.416. The molecule has 0 saturated carbocycles. The molecule has 0 amide bonds. The topological polar surface area (TPSA) is 23.5 Å². The van der Waals surface area contributed by atoms with Crippen LogP contribution in [0, 0.1) is 0 Å². The first kappa shape index (κ1) is 12.0. The lowest BCUT2D eigenvalue weighted by molar-refractivity contribution is 0.278. The van der Waals surface area contributed by atoms with Crippen molar-refractivity contribution in [1.29, 1.82) is 0 Å². The Balaban J connectivity index is 1.83. The van der Waals surface area contributed by atoms with Gasteiger partial charge in [0.2, 0.25) is 0 Å². The van der Waals surface area contributed by atoms with E-state index in [0.717, 1.165) is 11.2 Å². The second-order valence-electron chi connectivity index (χ2n) is 5.11. The Kier molecular flexibility index (Phi) is 3.52. The lowest BCUT2D eigenvalue weighted by Gasteiger charge is -2.19. The summed E-state index contributed by atoms with van der Waals surface area (Å²) in [6.07, 6.45) is 5.41. The molecule has 2 nitrogen and oxygen atoms in total. The number of likely N-dealkylation sites (tertiary alicyclic amines) is 1. The Morgan fingerprint density at radius 2 is 1.89 bits per heavy atom. The summed E-state index contributed by atoms with van der Waals surface area (Å²) >= 11 is 1.66. The maximum absolute atomic E-state index is 9.83. The highest BCUT2D eigenvalue weighted by Crippen LogP contribution is 2.33. The average molecular weight is 261 g/mol. The van der Waals surface area contributed by atoms with Crippen molar-refractivity contribution in [1.82, 2.24) is 4.90 Å². The summed E-state index contributed by atoms with van der Waals surface area (Å²) in [5.41, 5.74) is 1.37. The van der Waals surface area contributed by atoms with Crippen LogP contribution >= 0.6 is 11.3 Å². The highest BCUT2D eigenvalue weighted by atomic mass is 32.1. The lowest BCUT2D eigenvalue weighted by Crippen LogP contribution is -2.23. The number of rotatable bonds is 2. The van der Waals surface area contributed by atoms with Gasteiger partial charge in [0.05, 0.1) is 4.70 Å². The van der Waals surface area contributed by atoms with Crippen molar-refractivity contribution in [2.45, 2.75) is 32.2 Å². The summed E-state index contributed by atoms with van der Waals surface area (Å²) in [6.45, 7) is 3.47. The minimum atomic E-state index is 0.416. The number of aromatic hydroxyl groups is 1. The van der Waals surface area contributed by atoms with Gasteiger partial charge in [-0.3, -0.25) is 4.90 Å². The van der Waals surface area contributed by atoms with Crippen molar-refractivity contribution in [3.8, 4) is 5.75 Å². The van der Waals surface area contributed by atoms with Gasteiger partial charge < -0.3 is 5.11 Å². The van der Waals surface area contributed by atoms with E-state index in [2.05, 4.69) is 16.3 Å². The first-order valence-corrected chi connectivity index (χ1v) is 7.63. The van der Waals surface area contributed by atoms with E-state index in [4.69, 9.17) is 0 Å². The van der Waals surface area contributed by atoms with Crippen molar-refractivity contribution in [3.05, 3.63) is 29.1 Å². The third-order valence-corrected chi connectivity index (χ3v) is 4.82. The highest BCUT2D eigenvalue weighted by molar-refractivity contribution is 7.17. The molecule has 0 spiro atoms. The summed E-state index contributed by atoms with van der Waals surface area (Å²) in [6, 6.07) is 5.84. The summed E-state index contributed by atoms with van der Waals surface area (Å²) in [4.78, 5) is 2.55. The van der Waals surface area contributed by atoms with Gasteiger partial charge in [-0.15, -0.1) is 11.3 Å². The Hall–Kier alpha value is -1.06. The molecule has 96 valence electrons. The van der Waals surface area contributed by atoms with Gasteiger partial charge in [0, 0.05) is 11.9 Å². The second-order valence-corrected chi connectivity index (χ2v) is 5.98. The molecule has 1 N–H and O–H groups in total. The van der Waals surface area contributed by atoms with Crippen molar-refractivity contribution in [2.24, 2.45) is 0 Å². The van der Waals surface area contributed by atoms with Crippen LogP contribution in [-0.4, -0.2) is 23.1 Å². The van der Waals surface area contributed by atoms with Gasteiger partial charge in [0.15, 0.2) is 0 Å². The molecule has 0 aliphatic carbocycles. The molecule has 0 radical (unpaired) electrons. The van der Waals surface area contributed by atoms with Gasteiger partial charge in [0.25, 0.3) is 0 Å². The van der Waals surface area contributed by atoms with Gasteiger partial charge in [-0.1, -0.05) is 25.0 Å². The van der Waals surface area contributed by atoms with Crippen LogP contribution in [0.15, 0.2) is 23.6 Å². The summed E-state index contributed by atoms with van der Waals surface area (Å²) in [5.74, 6) is 0.416. The molecule has 0 atom stereocenters. The molecule has 18 heavy (non-hydrogen) atoms. The zero-order chi connectivity index (χ0) is 12.4. The fourth-order valence-corrected chi connectivity index (χ4v) is 3.73. The minimum Gasteiger partial charge on any atom is -0.506 e. The lowest BCUT2D eigenvalue weighted by atomic mass is 10.1. The fourth-order valence-electron chi connectivity index (χ4n) is 2.75. The van der Waals surface area contributed by atoms with E-state index in [0.29, 0.717) is 5.75 Å². The molecule has 0 bridgehead atoms. The van der Waals surface area contributed by atoms with Crippen LogP contribution in [-0.2, 0) is 6.54 Å². The zero-order valence-electron chi connectivity index (χ0n) is 10.6. The van der Waals surface area contributed by atoms with Gasteiger partial charge in [0.1, 0.15) is 5.75 Å². The molecule has 2 heterocycles. The molecule has 0 unspecified atom stereocenters. The van der Waals surface area contributed by atoms with E-state index in [1.807, 2.05) is 6.07 Å². The zero-order valence-corrected chi connectivity index (χ0v) is 11.4. The van der Waals surface area contributed by atoms with Crippen LogP contribution in [0.3, 0.4) is 0 Å². The van der Waals surface area contributed by atoms with E-state index in [9.17, 15) is 5.11 Å². The number of phenols is 1. The molecule has 1 aliphatic rings. The number of nitrogens with zero attached hydrogens (tertiary/aromatic N) is 1. The quantitative estimate of drug-likeness (QED) is 0.883. The largest absolute Gasteiger partial charge is 0.506 e. The first-order valence-electron chi connectivity index (χ1n) is 6.75. The van der Waals surface area contributed by atoms with E-state index >= 15 is 0 Å². The molecule has 1 aliphatic heterocycles. The van der Waals surface area contributed by atoms with Crippen molar-refractivity contribution < 1.29 is 5.11 Å². The molecule has 3 rings (SSSR count). The molecule has 1 fully saturated rings. The Bertz CT molecular complexity index is 526. The number of phenolic OH excluding ortho intramolecular Hbond substituents is 1.